The van der Waals surface area contributed by atoms with Gasteiger partial charge in [0.1, 0.15) is 11.6 Å². The van der Waals surface area contributed by atoms with Crippen LogP contribution in [0.15, 0.2) is 18.2 Å². The number of carbonyl (C=O) groups excluding carboxylic acids is 1. The highest BCUT2D eigenvalue weighted by Crippen LogP contribution is 2.38. The number of halogens is 3. The van der Waals surface area contributed by atoms with Crippen molar-refractivity contribution in [1.29, 1.82) is 0 Å². The van der Waals surface area contributed by atoms with E-state index in [9.17, 15) is 18.0 Å². The molecule has 2 aliphatic heterocycles. The molecule has 0 unspecified atom stereocenters. The van der Waals surface area contributed by atoms with Crippen molar-refractivity contribution < 1.29 is 22.7 Å². The molecule has 1 aromatic carbocycles. The van der Waals surface area contributed by atoms with E-state index in [1.807, 2.05) is 0 Å². The Balaban J connectivity index is 1.71. The minimum atomic E-state index is -3.11. The number of hydrogen-bond acceptors (Lipinski definition) is 3. The number of amides is 1. The van der Waals surface area contributed by atoms with E-state index in [1.165, 1.54) is 6.07 Å². The second-order valence-corrected chi connectivity index (χ2v) is 6.12. The monoisotopic (exact) mass is 328 g/mol. The Morgan fingerprint density at radius 3 is 2.65 bits per heavy atom. The zero-order valence-electron chi connectivity index (χ0n) is 12.7. The van der Waals surface area contributed by atoms with Gasteiger partial charge in [0.15, 0.2) is 0 Å². The van der Waals surface area contributed by atoms with Gasteiger partial charge in [0, 0.05) is 18.2 Å². The van der Waals surface area contributed by atoms with Gasteiger partial charge in [0.2, 0.25) is 0 Å². The Labute approximate surface area is 132 Å². The van der Waals surface area contributed by atoms with E-state index in [4.69, 9.17) is 0 Å². The second-order valence-electron chi connectivity index (χ2n) is 6.12. The fourth-order valence-electron chi connectivity index (χ4n) is 3.73. The highest BCUT2D eigenvalue weighted by molar-refractivity contribution is 5.97. The lowest BCUT2D eigenvalue weighted by atomic mass is 9.94. The molecule has 1 N–H and O–H groups in total. The number of nitrogens with zero attached hydrogens (tertiary/aromatic N) is 1. The summed E-state index contributed by atoms with van der Waals surface area (Å²) in [6.07, 6.45) is 4.26. The van der Waals surface area contributed by atoms with Gasteiger partial charge in [-0.2, -0.15) is 8.78 Å². The fraction of sp³-hybridized carbons (Fsp3) is 0.562. The third-order valence-corrected chi connectivity index (χ3v) is 4.79. The number of carbonyl (C=O) groups is 1. The van der Waals surface area contributed by atoms with E-state index in [2.05, 4.69) is 15.0 Å². The molecule has 126 valence electrons. The van der Waals surface area contributed by atoms with Crippen LogP contribution in [-0.4, -0.2) is 42.6 Å². The molecule has 7 heteroatoms. The predicted octanol–water partition coefficient (Wildman–Crippen LogP) is 2.79. The summed E-state index contributed by atoms with van der Waals surface area (Å²) >= 11 is 0. The van der Waals surface area contributed by atoms with Crippen LogP contribution in [-0.2, 0) is 0 Å². The zero-order valence-corrected chi connectivity index (χ0v) is 12.7. The topological polar surface area (TPSA) is 41.6 Å². The van der Waals surface area contributed by atoms with Crippen molar-refractivity contribution in [2.75, 3.05) is 19.6 Å². The first kappa shape index (κ1) is 16.1. The van der Waals surface area contributed by atoms with Gasteiger partial charge in [-0.05, 0) is 50.9 Å². The molecule has 4 nitrogen and oxygen atoms in total. The van der Waals surface area contributed by atoms with Gasteiger partial charge >= 0.3 is 6.61 Å². The van der Waals surface area contributed by atoms with Gasteiger partial charge in [-0.15, -0.1) is 0 Å². The summed E-state index contributed by atoms with van der Waals surface area (Å²) in [5.74, 6) is -1.69. The summed E-state index contributed by atoms with van der Waals surface area (Å²) in [6.45, 7) is -0.572. The molecule has 1 amide bonds. The van der Waals surface area contributed by atoms with E-state index in [-0.39, 0.29) is 11.1 Å². The average molecular weight is 328 g/mol. The summed E-state index contributed by atoms with van der Waals surface area (Å²) in [5.41, 5.74) is -0.0926. The zero-order chi connectivity index (χ0) is 16.4. The van der Waals surface area contributed by atoms with Crippen LogP contribution in [0.5, 0.6) is 5.75 Å². The number of alkyl halides is 2. The molecule has 0 radical (unpaired) electrons. The lowest BCUT2D eigenvalue weighted by Crippen LogP contribution is -2.48. The van der Waals surface area contributed by atoms with Crippen LogP contribution in [0, 0.1) is 5.82 Å². The standard InChI is InChI=1S/C16H19F3N2O2/c17-11-3-4-12(13(9-11)23-15(18)19)14(22)20-10-16-5-1-7-21(16)8-2-6-16/h3-4,9,15H,1-2,5-8,10H2,(H,20,22). The Hall–Kier alpha value is -1.76. The molecule has 2 heterocycles. The molecule has 2 aliphatic rings. The third kappa shape index (κ3) is 3.29. The number of nitrogens with one attached hydrogen (secondary N) is 1. The van der Waals surface area contributed by atoms with Crippen LogP contribution in [0.1, 0.15) is 36.0 Å². The Morgan fingerprint density at radius 1 is 1.30 bits per heavy atom. The summed E-state index contributed by atoms with van der Waals surface area (Å²) in [7, 11) is 0. The first-order valence-electron chi connectivity index (χ1n) is 7.78. The van der Waals surface area contributed by atoms with E-state index < -0.39 is 24.1 Å². The highest BCUT2D eigenvalue weighted by Gasteiger charge is 2.44. The van der Waals surface area contributed by atoms with Crippen molar-refractivity contribution >= 4 is 5.91 Å². The molecule has 0 atom stereocenters. The number of rotatable bonds is 5. The quantitative estimate of drug-likeness (QED) is 0.904. The molecule has 0 aromatic heterocycles. The van der Waals surface area contributed by atoms with Crippen LogP contribution < -0.4 is 10.1 Å². The minimum Gasteiger partial charge on any atom is -0.434 e. The molecule has 2 fully saturated rings. The average Bonchev–Trinajstić information content (AvgIpc) is 3.04. The number of ether oxygens (including phenoxy) is 1. The van der Waals surface area contributed by atoms with E-state index in [1.54, 1.807) is 0 Å². The second kappa shape index (κ2) is 6.39. The maximum Gasteiger partial charge on any atom is 0.387 e. The van der Waals surface area contributed by atoms with E-state index in [0.29, 0.717) is 6.54 Å². The van der Waals surface area contributed by atoms with Crippen LogP contribution >= 0.6 is 0 Å². The third-order valence-electron chi connectivity index (χ3n) is 4.79. The van der Waals surface area contributed by atoms with Crippen molar-refractivity contribution in [2.24, 2.45) is 0 Å². The SMILES string of the molecule is O=C(NCC12CCCN1CCC2)c1ccc(F)cc1OC(F)F. The van der Waals surface area contributed by atoms with Gasteiger partial charge in [-0.3, -0.25) is 9.69 Å². The summed E-state index contributed by atoms with van der Waals surface area (Å²) in [5, 5.41) is 2.81. The van der Waals surface area contributed by atoms with Crippen molar-refractivity contribution in [3.8, 4) is 5.75 Å². The summed E-state index contributed by atoms with van der Waals surface area (Å²) in [6, 6.07) is 3.03. The van der Waals surface area contributed by atoms with E-state index in [0.717, 1.165) is 50.9 Å². The van der Waals surface area contributed by atoms with Gasteiger partial charge in [0.05, 0.1) is 5.56 Å². The molecule has 0 saturated carbocycles. The normalized spacial score (nSPS) is 19.8. The van der Waals surface area contributed by atoms with Gasteiger partial charge in [-0.25, -0.2) is 4.39 Å². The van der Waals surface area contributed by atoms with Crippen LogP contribution in [0.25, 0.3) is 0 Å². The molecule has 0 bridgehead atoms. The predicted molar refractivity (Wildman–Crippen MR) is 78.1 cm³/mol. The Morgan fingerprint density at radius 2 is 2.00 bits per heavy atom. The molecular weight excluding hydrogens is 309 g/mol. The number of hydrogen-bond donors (Lipinski definition) is 1. The van der Waals surface area contributed by atoms with Crippen molar-refractivity contribution in [3.63, 3.8) is 0 Å². The number of benzene rings is 1. The summed E-state index contributed by atoms with van der Waals surface area (Å²) < 4.78 is 42.3. The largest absolute Gasteiger partial charge is 0.434 e. The van der Waals surface area contributed by atoms with Crippen molar-refractivity contribution in [3.05, 3.63) is 29.6 Å². The van der Waals surface area contributed by atoms with Gasteiger partial charge in [-0.1, -0.05) is 0 Å². The molecule has 2 saturated heterocycles. The smallest absolute Gasteiger partial charge is 0.387 e. The lowest BCUT2D eigenvalue weighted by Gasteiger charge is -2.32. The molecule has 3 rings (SSSR count). The fourth-order valence-corrected chi connectivity index (χ4v) is 3.73. The molecular formula is C16H19F3N2O2. The molecule has 0 spiro atoms. The van der Waals surface area contributed by atoms with Crippen molar-refractivity contribution in [1.82, 2.24) is 10.2 Å². The molecule has 0 aliphatic carbocycles. The lowest BCUT2D eigenvalue weighted by molar-refractivity contribution is -0.0503. The molecule has 23 heavy (non-hydrogen) atoms. The first-order valence-corrected chi connectivity index (χ1v) is 7.78. The van der Waals surface area contributed by atoms with E-state index >= 15 is 0 Å². The minimum absolute atomic E-state index is 0.0145. The van der Waals surface area contributed by atoms with Crippen LogP contribution in [0.2, 0.25) is 0 Å². The Kier molecular flexibility index (Phi) is 4.48. The highest BCUT2D eigenvalue weighted by atomic mass is 19.3. The van der Waals surface area contributed by atoms with Gasteiger partial charge in [0.25, 0.3) is 5.91 Å². The maximum absolute atomic E-state index is 13.2. The number of fused-ring (bicyclic) bond motifs is 1. The van der Waals surface area contributed by atoms with Crippen LogP contribution in [0.3, 0.4) is 0 Å². The maximum atomic E-state index is 13.2. The van der Waals surface area contributed by atoms with Crippen LogP contribution in [0.4, 0.5) is 13.2 Å². The summed E-state index contributed by atoms with van der Waals surface area (Å²) in [4.78, 5) is 14.7. The molecule has 1 aromatic rings. The first-order chi connectivity index (χ1) is 11.0. The van der Waals surface area contributed by atoms with Crippen molar-refractivity contribution in [2.45, 2.75) is 37.8 Å². The van der Waals surface area contributed by atoms with Gasteiger partial charge < -0.3 is 10.1 Å². The Bertz CT molecular complexity index is 585.